The van der Waals surface area contributed by atoms with E-state index in [1.807, 2.05) is 18.2 Å². The third kappa shape index (κ3) is 3.90. The molecule has 140 valence electrons. The Morgan fingerprint density at radius 3 is 2.37 bits per heavy atom. The zero-order chi connectivity index (χ0) is 19.8. The topological polar surface area (TPSA) is 12.9 Å². The first-order valence-corrected chi connectivity index (χ1v) is 8.92. The van der Waals surface area contributed by atoms with Crippen LogP contribution >= 0.6 is 0 Å². The van der Waals surface area contributed by atoms with Crippen LogP contribution in [0, 0.1) is 0 Å². The Morgan fingerprint density at radius 2 is 1.70 bits per heavy atom. The van der Waals surface area contributed by atoms with Crippen molar-refractivity contribution in [1.29, 1.82) is 0 Å². The van der Waals surface area contributed by atoms with Gasteiger partial charge in [-0.05, 0) is 54.0 Å². The fraction of sp³-hybridized carbons (Fsp3) is 0.261. The first-order valence-electron chi connectivity index (χ1n) is 8.92. The normalized spacial score (nSPS) is 13.2. The van der Waals surface area contributed by atoms with Crippen molar-refractivity contribution in [2.45, 2.75) is 39.8 Å². The van der Waals surface area contributed by atoms with E-state index in [1.54, 1.807) is 24.4 Å². The number of nitrogens with zero attached hydrogens (tertiary/aromatic N) is 1. The van der Waals surface area contributed by atoms with Crippen molar-refractivity contribution in [3.8, 4) is 11.3 Å². The number of pyridine rings is 1. The molecule has 1 heterocycles. The van der Waals surface area contributed by atoms with E-state index >= 15 is 0 Å². The smallest absolute Gasteiger partial charge is 0.256 e. The highest BCUT2D eigenvalue weighted by atomic mass is 19.4. The summed E-state index contributed by atoms with van der Waals surface area (Å²) in [7, 11) is 0. The molecule has 27 heavy (non-hydrogen) atoms. The van der Waals surface area contributed by atoms with Crippen LogP contribution in [0.2, 0.25) is 0 Å². The fourth-order valence-electron chi connectivity index (χ4n) is 3.11. The Bertz CT molecular complexity index is 1010. The molecule has 0 aliphatic carbocycles. The molecule has 0 atom stereocenters. The van der Waals surface area contributed by atoms with Gasteiger partial charge < -0.3 is 0 Å². The van der Waals surface area contributed by atoms with Crippen LogP contribution in [0.4, 0.5) is 13.2 Å². The van der Waals surface area contributed by atoms with Crippen molar-refractivity contribution in [2.75, 3.05) is 0 Å². The van der Waals surface area contributed by atoms with Gasteiger partial charge in [0.1, 0.15) is 0 Å². The largest absolute Gasteiger partial charge is 0.412 e. The number of allylic oxidation sites excluding steroid dienone is 2. The number of alkyl halides is 3. The molecule has 1 nitrogen and oxygen atoms in total. The summed E-state index contributed by atoms with van der Waals surface area (Å²) < 4.78 is 39.1. The minimum absolute atomic E-state index is 0.228. The number of hydrogen-bond acceptors (Lipinski definition) is 1. The summed E-state index contributed by atoms with van der Waals surface area (Å²) >= 11 is 0. The molecule has 0 spiro atoms. The highest BCUT2D eigenvalue weighted by molar-refractivity contribution is 5.95. The molecule has 0 saturated carbocycles. The van der Waals surface area contributed by atoms with E-state index in [0.29, 0.717) is 11.5 Å². The van der Waals surface area contributed by atoms with Crippen LogP contribution in [0.1, 0.15) is 44.7 Å². The Morgan fingerprint density at radius 1 is 0.963 bits per heavy atom. The number of fused-ring (bicyclic) bond motifs is 1. The Hall–Kier alpha value is -2.62. The van der Waals surface area contributed by atoms with Crippen molar-refractivity contribution in [3.63, 3.8) is 0 Å². The third-order valence-corrected chi connectivity index (χ3v) is 5.01. The summed E-state index contributed by atoms with van der Waals surface area (Å²) in [6.07, 6.45) is -2.58. The summed E-state index contributed by atoms with van der Waals surface area (Å²) in [5, 5.41) is 2.07. The van der Waals surface area contributed by atoms with E-state index in [1.165, 1.54) is 12.5 Å². The van der Waals surface area contributed by atoms with E-state index < -0.39 is 11.7 Å². The molecule has 0 radical (unpaired) electrons. The van der Waals surface area contributed by atoms with E-state index in [2.05, 4.69) is 31.0 Å². The van der Waals surface area contributed by atoms with Gasteiger partial charge >= 0.3 is 6.18 Å². The minimum atomic E-state index is -4.33. The summed E-state index contributed by atoms with van der Waals surface area (Å²) in [6.45, 7) is 6.91. The van der Waals surface area contributed by atoms with Crippen molar-refractivity contribution < 1.29 is 13.2 Å². The van der Waals surface area contributed by atoms with Crippen LogP contribution in [-0.2, 0) is 0 Å². The Balaban J connectivity index is 2.13. The van der Waals surface area contributed by atoms with Gasteiger partial charge in [0.05, 0.1) is 5.69 Å². The number of hydrogen-bond donors (Lipinski definition) is 0. The zero-order valence-electron chi connectivity index (χ0n) is 15.9. The van der Waals surface area contributed by atoms with E-state index in [4.69, 9.17) is 0 Å². The molecule has 0 aliphatic rings. The van der Waals surface area contributed by atoms with E-state index in [9.17, 15) is 13.2 Å². The number of benzene rings is 2. The molecule has 2 aromatic carbocycles. The lowest BCUT2D eigenvalue weighted by molar-refractivity contribution is -0.0907. The van der Waals surface area contributed by atoms with Gasteiger partial charge in [-0.25, -0.2) is 0 Å². The molecule has 4 heteroatoms. The van der Waals surface area contributed by atoms with Crippen LogP contribution in [0.3, 0.4) is 0 Å². The zero-order valence-corrected chi connectivity index (χ0v) is 15.9. The first kappa shape index (κ1) is 19.2. The fourth-order valence-corrected chi connectivity index (χ4v) is 3.11. The molecule has 3 aromatic rings. The Kier molecular flexibility index (Phi) is 5.09. The molecule has 0 bridgehead atoms. The highest BCUT2D eigenvalue weighted by Crippen LogP contribution is 2.34. The van der Waals surface area contributed by atoms with Crippen molar-refractivity contribution in [1.82, 2.24) is 4.98 Å². The second-order valence-electron chi connectivity index (χ2n) is 7.12. The summed E-state index contributed by atoms with van der Waals surface area (Å²) in [5.74, 6) is 0.424. The van der Waals surface area contributed by atoms with Crippen LogP contribution < -0.4 is 0 Å². The van der Waals surface area contributed by atoms with Gasteiger partial charge in [-0.15, -0.1) is 0 Å². The highest BCUT2D eigenvalue weighted by Gasteiger charge is 2.31. The number of halogens is 3. The van der Waals surface area contributed by atoms with Crippen molar-refractivity contribution >= 4 is 16.3 Å². The van der Waals surface area contributed by atoms with Gasteiger partial charge in [0.25, 0.3) is 0 Å². The average Bonchev–Trinajstić information content (AvgIpc) is 2.65. The molecule has 0 saturated heterocycles. The number of rotatable bonds is 3. The molecule has 1 aromatic heterocycles. The van der Waals surface area contributed by atoms with Gasteiger partial charge in [0.2, 0.25) is 0 Å². The minimum Gasteiger partial charge on any atom is -0.256 e. The quantitative estimate of drug-likeness (QED) is 0.469. The maximum absolute atomic E-state index is 13.0. The van der Waals surface area contributed by atoms with Gasteiger partial charge in [-0.3, -0.25) is 4.98 Å². The lowest BCUT2D eigenvalue weighted by atomic mass is 9.95. The first-order chi connectivity index (χ1) is 12.7. The predicted molar refractivity (Wildman–Crippen MR) is 106 cm³/mol. The monoisotopic (exact) mass is 369 g/mol. The summed E-state index contributed by atoms with van der Waals surface area (Å²) in [6, 6.07) is 15.4. The van der Waals surface area contributed by atoms with Crippen molar-refractivity contribution in [2.24, 2.45) is 0 Å². The van der Waals surface area contributed by atoms with Crippen LogP contribution in [0.5, 0.6) is 0 Å². The third-order valence-electron chi connectivity index (χ3n) is 5.01. The molecular weight excluding hydrogens is 347 g/mol. The molecule has 0 fully saturated rings. The molecule has 0 aliphatic heterocycles. The molecular formula is C23H22F3N. The van der Waals surface area contributed by atoms with Gasteiger partial charge in [-0.1, -0.05) is 50.2 Å². The average molecular weight is 369 g/mol. The standard InChI is InChI=1S/C23H22F3N/c1-14(2)17-8-9-21-19(12-17)10-11-27-22(21)20-7-5-6-18(13-20)15(3)16(4)23(24,25)26/h5-14H,1-4H3/b16-15+. The second-order valence-corrected chi connectivity index (χ2v) is 7.12. The molecule has 3 rings (SSSR count). The maximum atomic E-state index is 13.0. The van der Waals surface area contributed by atoms with Gasteiger partial charge in [-0.2, -0.15) is 13.2 Å². The second kappa shape index (κ2) is 7.18. The van der Waals surface area contributed by atoms with Gasteiger partial charge in [0, 0.05) is 22.7 Å². The summed E-state index contributed by atoms with van der Waals surface area (Å²) in [4.78, 5) is 4.51. The lowest BCUT2D eigenvalue weighted by Gasteiger charge is -2.13. The predicted octanol–water partition coefficient (Wildman–Crippen LogP) is 7.38. The molecule has 0 unspecified atom stereocenters. The number of aromatic nitrogens is 1. The van der Waals surface area contributed by atoms with Crippen molar-refractivity contribution in [3.05, 3.63) is 71.4 Å². The van der Waals surface area contributed by atoms with Crippen LogP contribution in [-0.4, -0.2) is 11.2 Å². The Labute approximate surface area is 157 Å². The molecule has 0 N–H and O–H groups in total. The maximum Gasteiger partial charge on any atom is 0.412 e. The van der Waals surface area contributed by atoms with Crippen LogP contribution in [0.25, 0.3) is 27.6 Å². The lowest BCUT2D eigenvalue weighted by Crippen LogP contribution is -2.10. The van der Waals surface area contributed by atoms with Crippen LogP contribution in [0.15, 0.2) is 60.3 Å². The SMILES string of the molecule is C/C(=C(/C)C(F)(F)F)c1cccc(-c2nccc3cc(C(C)C)ccc23)c1. The van der Waals surface area contributed by atoms with Gasteiger partial charge in [0.15, 0.2) is 0 Å². The van der Waals surface area contributed by atoms with E-state index in [-0.39, 0.29) is 5.57 Å². The van der Waals surface area contributed by atoms with E-state index in [0.717, 1.165) is 29.0 Å². The summed E-state index contributed by atoms with van der Waals surface area (Å²) in [5.41, 5.74) is 3.04. The molecule has 0 amide bonds.